The Bertz CT molecular complexity index is 1020. The number of hydrogen-bond donors (Lipinski definition) is 1. The van der Waals surface area contributed by atoms with Crippen LogP contribution in [0.25, 0.3) is 16.9 Å². The highest BCUT2D eigenvalue weighted by Crippen LogP contribution is 2.30. The molecule has 0 saturated heterocycles. The SMILES string of the molecule is COCCCN(C)C(=O)c1ccc(-n2ncc(-c3ccc(C#N)cc3)c2O)nc1. The molecule has 0 unspecified atom stereocenters. The molecule has 29 heavy (non-hydrogen) atoms. The summed E-state index contributed by atoms with van der Waals surface area (Å²) in [5, 5.41) is 23.7. The van der Waals surface area contributed by atoms with Crippen molar-refractivity contribution >= 4 is 5.91 Å². The number of carbonyl (C=O) groups excluding carboxylic acids is 1. The second-order valence-electron chi connectivity index (χ2n) is 6.46. The van der Waals surface area contributed by atoms with Gasteiger partial charge in [0.25, 0.3) is 5.91 Å². The Labute approximate surface area is 168 Å². The van der Waals surface area contributed by atoms with E-state index in [0.717, 1.165) is 12.0 Å². The van der Waals surface area contributed by atoms with Gasteiger partial charge in [0.05, 0.1) is 29.0 Å². The molecule has 2 heterocycles. The maximum absolute atomic E-state index is 12.4. The molecule has 3 rings (SSSR count). The Kier molecular flexibility index (Phi) is 6.22. The van der Waals surface area contributed by atoms with Gasteiger partial charge < -0.3 is 14.7 Å². The zero-order valence-corrected chi connectivity index (χ0v) is 16.2. The monoisotopic (exact) mass is 391 g/mol. The Morgan fingerprint density at radius 1 is 1.24 bits per heavy atom. The molecule has 148 valence electrons. The molecule has 3 aromatic rings. The minimum absolute atomic E-state index is 0.0713. The van der Waals surface area contributed by atoms with E-state index in [0.29, 0.717) is 35.7 Å². The number of aromatic hydroxyl groups is 1. The van der Waals surface area contributed by atoms with Crippen LogP contribution in [0.5, 0.6) is 5.88 Å². The smallest absolute Gasteiger partial charge is 0.255 e. The maximum Gasteiger partial charge on any atom is 0.255 e. The summed E-state index contributed by atoms with van der Waals surface area (Å²) in [6.45, 7) is 1.18. The first-order valence-electron chi connectivity index (χ1n) is 9.03. The van der Waals surface area contributed by atoms with Crippen LogP contribution in [0.4, 0.5) is 0 Å². The molecular formula is C21H21N5O3. The highest BCUT2D eigenvalue weighted by Gasteiger charge is 2.16. The van der Waals surface area contributed by atoms with Gasteiger partial charge >= 0.3 is 0 Å². The van der Waals surface area contributed by atoms with Crippen molar-refractivity contribution in [2.24, 2.45) is 0 Å². The highest BCUT2D eigenvalue weighted by atomic mass is 16.5. The first kappa shape index (κ1) is 20.0. The second-order valence-corrected chi connectivity index (χ2v) is 6.46. The lowest BCUT2D eigenvalue weighted by atomic mass is 10.1. The molecule has 1 N–H and O–H groups in total. The van der Waals surface area contributed by atoms with Gasteiger partial charge in [-0.2, -0.15) is 15.0 Å². The largest absolute Gasteiger partial charge is 0.493 e. The highest BCUT2D eigenvalue weighted by molar-refractivity contribution is 5.93. The molecular weight excluding hydrogens is 370 g/mol. The third-order valence-corrected chi connectivity index (χ3v) is 4.47. The molecule has 1 amide bonds. The standard InChI is InChI=1S/C21H21N5O3/c1-25(10-3-11-29-2)20(27)17-8-9-19(23-13-17)26-21(28)18(14-24-26)16-6-4-15(12-22)5-7-16/h4-9,13-14,28H,3,10-11H2,1-2H3. The van der Waals surface area contributed by atoms with E-state index in [2.05, 4.69) is 16.2 Å². The second kappa shape index (κ2) is 8.99. The fourth-order valence-corrected chi connectivity index (χ4v) is 2.84. The summed E-state index contributed by atoms with van der Waals surface area (Å²) in [5.74, 6) is 0.182. The van der Waals surface area contributed by atoms with Crippen LogP contribution in [0.2, 0.25) is 0 Å². The van der Waals surface area contributed by atoms with Crippen LogP contribution in [-0.4, -0.2) is 58.0 Å². The van der Waals surface area contributed by atoms with E-state index in [1.807, 2.05) is 0 Å². The van der Waals surface area contributed by atoms with Crippen molar-refractivity contribution in [1.29, 1.82) is 5.26 Å². The summed E-state index contributed by atoms with van der Waals surface area (Å²) in [6.07, 6.45) is 3.75. The first-order valence-corrected chi connectivity index (χ1v) is 9.03. The van der Waals surface area contributed by atoms with Crippen molar-refractivity contribution < 1.29 is 14.6 Å². The van der Waals surface area contributed by atoms with Crippen LogP contribution in [-0.2, 0) is 4.74 Å². The number of nitrogens with zero attached hydrogens (tertiary/aromatic N) is 5. The van der Waals surface area contributed by atoms with E-state index in [9.17, 15) is 9.90 Å². The fourth-order valence-electron chi connectivity index (χ4n) is 2.84. The van der Waals surface area contributed by atoms with Crippen LogP contribution >= 0.6 is 0 Å². The predicted octanol–water partition coefficient (Wildman–Crippen LogP) is 2.62. The number of pyridine rings is 1. The predicted molar refractivity (Wildman–Crippen MR) is 107 cm³/mol. The molecule has 0 bridgehead atoms. The molecule has 1 aromatic carbocycles. The van der Waals surface area contributed by atoms with Gasteiger partial charge in [-0.15, -0.1) is 0 Å². The molecule has 8 nitrogen and oxygen atoms in total. The van der Waals surface area contributed by atoms with Crippen LogP contribution in [0.15, 0.2) is 48.8 Å². The Morgan fingerprint density at radius 2 is 2.00 bits per heavy atom. The summed E-state index contributed by atoms with van der Waals surface area (Å²) >= 11 is 0. The molecule has 0 spiro atoms. The third kappa shape index (κ3) is 4.42. The number of rotatable bonds is 7. The summed E-state index contributed by atoms with van der Waals surface area (Å²) in [5.41, 5.74) is 2.24. The quantitative estimate of drug-likeness (QED) is 0.621. The summed E-state index contributed by atoms with van der Waals surface area (Å²) in [4.78, 5) is 18.3. The average molecular weight is 391 g/mol. The van der Waals surface area contributed by atoms with Crippen LogP contribution in [0, 0.1) is 11.3 Å². The summed E-state index contributed by atoms with van der Waals surface area (Å²) in [6, 6.07) is 12.2. The number of methoxy groups -OCH3 is 1. The number of nitriles is 1. The Morgan fingerprint density at radius 3 is 2.62 bits per heavy atom. The zero-order valence-electron chi connectivity index (χ0n) is 16.2. The van der Waals surface area contributed by atoms with E-state index < -0.39 is 0 Å². The molecule has 8 heteroatoms. The van der Waals surface area contributed by atoms with E-state index in [4.69, 9.17) is 10.00 Å². The third-order valence-electron chi connectivity index (χ3n) is 4.47. The number of carbonyl (C=O) groups is 1. The van der Waals surface area contributed by atoms with Crippen molar-refractivity contribution in [3.63, 3.8) is 0 Å². The lowest BCUT2D eigenvalue weighted by molar-refractivity contribution is 0.0779. The van der Waals surface area contributed by atoms with Gasteiger partial charge in [-0.25, -0.2) is 4.98 Å². The van der Waals surface area contributed by atoms with Crippen molar-refractivity contribution in [1.82, 2.24) is 19.7 Å². The molecule has 0 aliphatic carbocycles. The van der Waals surface area contributed by atoms with E-state index in [-0.39, 0.29) is 11.8 Å². The average Bonchev–Trinajstić information content (AvgIpc) is 3.14. The van der Waals surface area contributed by atoms with Crippen LogP contribution < -0.4 is 0 Å². The van der Waals surface area contributed by atoms with Crippen molar-refractivity contribution in [2.45, 2.75) is 6.42 Å². The van der Waals surface area contributed by atoms with Gasteiger partial charge in [-0.1, -0.05) is 12.1 Å². The van der Waals surface area contributed by atoms with Crippen LogP contribution in [0.3, 0.4) is 0 Å². The molecule has 0 aliphatic rings. The fraction of sp³-hybridized carbons (Fsp3) is 0.238. The van der Waals surface area contributed by atoms with Gasteiger partial charge in [-0.3, -0.25) is 4.79 Å². The normalized spacial score (nSPS) is 10.5. The summed E-state index contributed by atoms with van der Waals surface area (Å²) in [7, 11) is 3.36. The number of benzene rings is 1. The Hall–Kier alpha value is -3.70. The van der Waals surface area contributed by atoms with E-state index >= 15 is 0 Å². The molecule has 0 atom stereocenters. The number of amides is 1. The van der Waals surface area contributed by atoms with Gasteiger partial charge in [-0.05, 0) is 36.2 Å². The van der Waals surface area contributed by atoms with Gasteiger partial charge in [0.1, 0.15) is 0 Å². The minimum Gasteiger partial charge on any atom is -0.493 e. The molecule has 0 saturated carbocycles. The van der Waals surface area contributed by atoms with E-state index in [1.54, 1.807) is 55.5 Å². The molecule has 2 aromatic heterocycles. The first-order chi connectivity index (χ1) is 14.0. The molecule has 0 aliphatic heterocycles. The van der Waals surface area contributed by atoms with E-state index in [1.165, 1.54) is 17.1 Å². The zero-order chi connectivity index (χ0) is 20.8. The number of hydrogen-bond acceptors (Lipinski definition) is 6. The van der Waals surface area contributed by atoms with Gasteiger partial charge in [0.2, 0.25) is 5.88 Å². The van der Waals surface area contributed by atoms with Crippen molar-refractivity contribution in [3.8, 4) is 28.9 Å². The Balaban J connectivity index is 1.77. The maximum atomic E-state index is 12.4. The number of ether oxygens (including phenoxy) is 1. The molecule has 0 fully saturated rings. The lowest BCUT2D eigenvalue weighted by Gasteiger charge is -2.16. The van der Waals surface area contributed by atoms with Gasteiger partial charge in [0, 0.05) is 33.5 Å². The lowest BCUT2D eigenvalue weighted by Crippen LogP contribution is -2.28. The topological polar surface area (TPSA) is 104 Å². The van der Waals surface area contributed by atoms with Crippen molar-refractivity contribution in [2.75, 3.05) is 27.3 Å². The van der Waals surface area contributed by atoms with Gasteiger partial charge in [0.15, 0.2) is 5.82 Å². The minimum atomic E-state index is -0.136. The molecule has 0 radical (unpaired) electrons. The van der Waals surface area contributed by atoms with Crippen LogP contribution in [0.1, 0.15) is 22.3 Å². The van der Waals surface area contributed by atoms with Crippen molar-refractivity contribution in [3.05, 3.63) is 59.9 Å². The number of aromatic nitrogens is 3. The summed E-state index contributed by atoms with van der Waals surface area (Å²) < 4.78 is 6.30.